The molecule has 0 radical (unpaired) electrons. The average molecular weight is 506 g/mol. The van der Waals surface area contributed by atoms with Crippen molar-refractivity contribution in [1.82, 2.24) is 0 Å². The number of hydrogen-bond acceptors (Lipinski definition) is 4. The van der Waals surface area contributed by atoms with E-state index in [1.807, 2.05) is 54.6 Å². The van der Waals surface area contributed by atoms with E-state index in [-0.39, 0.29) is 5.41 Å². The zero-order chi connectivity index (χ0) is 25.6. The van der Waals surface area contributed by atoms with E-state index in [4.69, 9.17) is 39.1 Å². The summed E-state index contributed by atoms with van der Waals surface area (Å²) in [4.78, 5) is 10.9. The maximum Gasteiger partial charge on any atom is 0.252 e. The molecule has 1 heterocycles. The van der Waals surface area contributed by atoms with Gasteiger partial charge in [-0.15, -0.1) is 0 Å². The number of rotatable bonds is 5. The lowest BCUT2D eigenvalue weighted by atomic mass is 9.84. The minimum atomic E-state index is -0.513. The van der Waals surface area contributed by atoms with Crippen molar-refractivity contribution in [3.8, 4) is 6.07 Å². The third kappa shape index (κ3) is 6.52. The van der Waals surface area contributed by atoms with Crippen molar-refractivity contribution in [2.24, 2.45) is 11.5 Å². The Hall–Kier alpha value is -3.56. The van der Waals surface area contributed by atoms with Crippen molar-refractivity contribution in [2.75, 3.05) is 6.54 Å². The number of allylic oxidation sites excluding steroid dienone is 1. The van der Waals surface area contributed by atoms with E-state index in [0.717, 1.165) is 11.1 Å². The van der Waals surface area contributed by atoms with E-state index in [1.165, 1.54) is 11.8 Å². The second-order valence-electron chi connectivity index (χ2n) is 8.54. The number of halogens is 2. The molecule has 0 unspecified atom stereocenters. The molecule has 0 atom stereocenters. The van der Waals surface area contributed by atoms with Crippen LogP contribution in [0, 0.1) is 11.3 Å². The molecule has 4 rings (SSSR count). The predicted octanol–water partition coefficient (Wildman–Crippen LogP) is 6.83. The van der Waals surface area contributed by atoms with Gasteiger partial charge in [-0.1, -0.05) is 73.4 Å². The van der Waals surface area contributed by atoms with Crippen molar-refractivity contribution in [3.63, 3.8) is 0 Å². The molecule has 0 aliphatic carbocycles. The Morgan fingerprint density at radius 1 is 1.03 bits per heavy atom. The lowest BCUT2D eigenvalue weighted by Gasteiger charge is -2.23. The molecule has 4 aromatic rings. The van der Waals surface area contributed by atoms with E-state index in [2.05, 4.69) is 19.9 Å². The summed E-state index contributed by atoms with van der Waals surface area (Å²) in [6.45, 7) is 4.80. The number of furan rings is 1. The molecule has 1 aromatic heterocycles. The van der Waals surface area contributed by atoms with Gasteiger partial charge in [0.2, 0.25) is 0 Å². The monoisotopic (exact) mass is 505 g/mol. The highest BCUT2D eigenvalue weighted by atomic mass is 35.5. The molecule has 3 aromatic carbocycles. The highest BCUT2D eigenvalue weighted by molar-refractivity contribution is 6.31. The standard InChI is InChI=1S/C19H19ClN2.C9H6ClNO2/c1-19(2,13-22)17-7-5-15(6-8-17)16(12-21)11-14-3-9-18(20)10-4-14;10-5-1-2-8-6(3-5)7(4-13-8)9(11)12/h3-11H,13,22H2,1-2H3;1-4H,(H2,11,12)/b16-11+;. The fraction of sp³-hybridized carbons (Fsp3) is 0.143. The predicted molar refractivity (Wildman–Crippen MR) is 143 cm³/mol. The summed E-state index contributed by atoms with van der Waals surface area (Å²) in [6, 6.07) is 22.7. The molecule has 4 N–H and O–H groups in total. The highest BCUT2D eigenvalue weighted by Gasteiger charge is 2.18. The first-order valence-corrected chi connectivity index (χ1v) is 11.5. The van der Waals surface area contributed by atoms with Crippen LogP contribution in [0.15, 0.2) is 77.4 Å². The second-order valence-corrected chi connectivity index (χ2v) is 9.41. The lowest BCUT2D eigenvalue weighted by Crippen LogP contribution is -2.27. The van der Waals surface area contributed by atoms with E-state index in [1.54, 1.807) is 18.2 Å². The van der Waals surface area contributed by atoms with Gasteiger partial charge < -0.3 is 15.9 Å². The summed E-state index contributed by atoms with van der Waals surface area (Å²) in [6.07, 6.45) is 3.20. The Balaban J connectivity index is 0.000000223. The van der Waals surface area contributed by atoms with Gasteiger partial charge in [0.05, 0.1) is 17.2 Å². The van der Waals surface area contributed by atoms with E-state index < -0.39 is 5.91 Å². The molecular formula is C28H25Cl2N3O2. The molecule has 5 nitrogen and oxygen atoms in total. The van der Waals surface area contributed by atoms with E-state index >= 15 is 0 Å². The Bertz CT molecular complexity index is 1400. The molecule has 7 heteroatoms. The summed E-state index contributed by atoms with van der Waals surface area (Å²) in [5.41, 5.74) is 15.5. The molecule has 0 saturated heterocycles. The van der Waals surface area contributed by atoms with Crippen molar-refractivity contribution >= 4 is 51.7 Å². The van der Waals surface area contributed by atoms with Gasteiger partial charge in [0, 0.05) is 27.4 Å². The second kappa shape index (κ2) is 11.2. The molecule has 0 aliphatic rings. The fourth-order valence-corrected chi connectivity index (χ4v) is 3.61. The maximum atomic E-state index is 10.9. The lowest BCUT2D eigenvalue weighted by molar-refractivity contribution is 0.100. The van der Waals surface area contributed by atoms with Crippen LogP contribution in [0.25, 0.3) is 22.6 Å². The number of primary amides is 1. The van der Waals surface area contributed by atoms with Gasteiger partial charge in [0.15, 0.2) is 0 Å². The highest BCUT2D eigenvalue weighted by Crippen LogP contribution is 2.26. The van der Waals surface area contributed by atoms with Gasteiger partial charge in [-0.2, -0.15) is 5.26 Å². The fourth-order valence-electron chi connectivity index (χ4n) is 3.32. The third-order valence-corrected chi connectivity index (χ3v) is 6.08. The van der Waals surface area contributed by atoms with Crippen LogP contribution in [-0.4, -0.2) is 12.5 Å². The maximum absolute atomic E-state index is 10.9. The summed E-state index contributed by atoms with van der Waals surface area (Å²) in [5, 5.41) is 11.3. The number of hydrogen-bond donors (Lipinski definition) is 2. The van der Waals surface area contributed by atoms with Gasteiger partial charge in [0.25, 0.3) is 5.91 Å². The van der Waals surface area contributed by atoms with E-state index in [9.17, 15) is 10.1 Å². The van der Waals surface area contributed by atoms with Gasteiger partial charge in [-0.05, 0) is 53.1 Å². The average Bonchev–Trinajstić information content (AvgIpc) is 3.27. The summed E-state index contributed by atoms with van der Waals surface area (Å²) in [5.74, 6) is -0.513. The minimum absolute atomic E-state index is 0.0643. The summed E-state index contributed by atoms with van der Waals surface area (Å²) < 4.78 is 5.11. The smallest absolute Gasteiger partial charge is 0.252 e. The van der Waals surface area contributed by atoms with Gasteiger partial charge >= 0.3 is 0 Å². The molecule has 35 heavy (non-hydrogen) atoms. The first-order valence-electron chi connectivity index (χ1n) is 10.8. The molecule has 178 valence electrons. The molecular weight excluding hydrogens is 481 g/mol. The quantitative estimate of drug-likeness (QED) is 0.229. The first kappa shape index (κ1) is 26.1. The number of fused-ring (bicyclic) bond motifs is 1. The Morgan fingerprint density at radius 3 is 2.23 bits per heavy atom. The number of carbonyl (C=O) groups is 1. The van der Waals surface area contributed by atoms with Crippen LogP contribution in [0.4, 0.5) is 0 Å². The largest absolute Gasteiger partial charge is 0.463 e. The zero-order valence-electron chi connectivity index (χ0n) is 19.4. The number of nitrogens with two attached hydrogens (primary N) is 2. The van der Waals surface area contributed by atoms with Crippen LogP contribution < -0.4 is 11.5 Å². The number of amides is 1. The normalized spacial score (nSPS) is 11.5. The Labute approximate surface area is 214 Å². The van der Waals surface area contributed by atoms with Crippen molar-refractivity contribution in [3.05, 3.63) is 105 Å². The molecule has 0 saturated carbocycles. The molecule has 1 amide bonds. The Kier molecular flexibility index (Phi) is 8.37. The number of carbonyl (C=O) groups excluding carboxylic acids is 1. The SMILES string of the molecule is CC(C)(CN)c1ccc(/C(C#N)=C/c2ccc(Cl)cc2)cc1.NC(=O)c1coc2ccc(Cl)cc12. The number of nitrogens with zero attached hydrogens (tertiary/aromatic N) is 1. The van der Waals surface area contributed by atoms with Gasteiger partial charge in [-0.25, -0.2) is 0 Å². The van der Waals surface area contributed by atoms with Crippen LogP contribution in [-0.2, 0) is 5.41 Å². The third-order valence-electron chi connectivity index (χ3n) is 5.59. The van der Waals surface area contributed by atoms with Crippen LogP contribution in [0.5, 0.6) is 0 Å². The van der Waals surface area contributed by atoms with E-state index in [0.29, 0.717) is 38.7 Å². The number of nitriles is 1. The summed E-state index contributed by atoms with van der Waals surface area (Å²) in [7, 11) is 0. The topological polar surface area (TPSA) is 106 Å². The molecule has 0 fully saturated rings. The number of benzene rings is 3. The first-order chi connectivity index (χ1) is 16.6. The Morgan fingerprint density at radius 2 is 1.66 bits per heavy atom. The van der Waals surface area contributed by atoms with Gasteiger partial charge in [-0.3, -0.25) is 4.79 Å². The van der Waals surface area contributed by atoms with Crippen LogP contribution >= 0.6 is 23.2 Å². The van der Waals surface area contributed by atoms with Crippen molar-refractivity contribution in [1.29, 1.82) is 5.26 Å². The van der Waals surface area contributed by atoms with Crippen LogP contribution in [0.1, 0.15) is 40.9 Å². The minimum Gasteiger partial charge on any atom is -0.463 e. The van der Waals surface area contributed by atoms with Crippen molar-refractivity contribution in [2.45, 2.75) is 19.3 Å². The zero-order valence-corrected chi connectivity index (χ0v) is 20.9. The van der Waals surface area contributed by atoms with Crippen LogP contribution in [0.2, 0.25) is 10.0 Å². The molecule has 0 bridgehead atoms. The molecule has 0 aliphatic heterocycles. The van der Waals surface area contributed by atoms with Crippen molar-refractivity contribution < 1.29 is 9.21 Å². The van der Waals surface area contributed by atoms with Gasteiger partial charge in [0.1, 0.15) is 11.8 Å². The van der Waals surface area contributed by atoms with Crippen LogP contribution in [0.3, 0.4) is 0 Å². The molecule has 0 spiro atoms. The summed E-state index contributed by atoms with van der Waals surface area (Å²) >= 11 is 11.6.